The first-order valence-electron chi connectivity index (χ1n) is 13.5. The Balaban J connectivity index is 1.87. The van der Waals surface area contributed by atoms with Crippen LogP contribution in [0.15, 0.2) is 36.4 Å². The highest BCUT2D eigenvalue weighted by Gasteiger charge is 2.24. The molecule has 10 nitrogen and oxygen atoms in total. The summed E-state index contributed by atoms with van der Waals surface area (Å²) in [6, 6.07) is 7.58. The summed E-state index contributed by atoms with van der Waals surface area (Å²) in [7, 11) is 0. The van der Waals surface area contributed by atoms with Crippen LogP contribution in [0.1, 0.15) is 66.1 Å². The molecule has 0 aliphatic rings. The van der Waals surface area contributed by atoms with Crippen molar-refractivity contribution in [1.29, 1.82) is 0 Å². The second kappa shape index (κ2) is 13.5. The van der Waals surface area contributed by atoms with E-state index >= 15 is 0 Å². The first-order valence-corrected chi connectivity index (χ1v) is 13.5. The zero-order valence-corrected chi connectivity index (χ0v) is 23.4. The first-order chi connectivity index (χ1) is 18.5. The highest BCUT2D eigenvalue weighted by Crippen LogP contribution is 2.31. The molecule has 0 radical (unpaired) electrons. The van der Waals surface area contributed by atoms with Crippen molar-refractivity contribution in [3.8, 4) is 0 Å². The molecule has 2 unspecified atom stereocenters. The van der Waals surface area contributed by atoms with Gasteiger partial charge < -0.3 is 24.3 Å². The molecule has 1 amide bonds. The third kappa shape index (κ3) is 8.49. The number of carbonyl (C=O) groups is 2. The monoisotopic (exact) mass is 540 g/mol. The molecule has 0 saturated heterocycles. The molecule has 3 N–H and O–H groups in total. The summed E-state index contributed by atoms with van der Waals surface area (Å²) < 4.78 is 13.2. The van der Waals surface area contributed by atoms with E-state index < -0.39 is 23.8 Å². The maximum Gasteiger partial charge on any atom is 0.413 e. The van der Waals surface area contributed by atoms with Crippen LogP contribution in [0.4, 0.5) is 10.6 Å². The van der Waals surface area contributed by atoms with Gasteiger partial charge in [-0.3, -0.25) is 10.1 Å². The smallest absolute Gasteiger partial charge is 0.413 e. The Bertz CT molecular complexity index is 1310. The lowest BCUT2D eigenvalue weighted by Crippen LogP contribution is -2.27. The van der Waals surface area contributed by atoms with Crippen molar-refractivity contribution in [1.82, 2.24) is 14.5 Å². The number of aromatic nitrogens is 3. The molecule has 1 aromatic carbocycles. The van der Waals surface area contributed by atoms with E-state index in [9.17, 15) is 14.7 Å². The van der Waals surface area contributed by atoms with Gasteiger partial charge in [0, 0.05) is 18.4 Å². The number of carbonyl (C=O) groups excluding carboxylic acids is 1. The third-order valence-corrected chi connectivity index (χ3v) is 6.22. The van der Waals surface area contributed by atoms with Gasteiger partial charge in [0.25, 0.3) is 0 Å². The van der Waals surface area contributed by atoms with Gasteiger partial charge in [-0.15, -0.1) is 0 Å². The number of pyridine rings is 1. The molecule has 3 rings (SSSR count). The molecule has 0 aliphatic carbocycles. The molecule has 0 spiro atoms. The van der Waals surface area contributed by atoms with Gasteiger partial charge in [0.2, 0.25) is 0 Å². The normalized spacial score (nSPS) is 13.7. The molecule has 0 fully saturated rings. The summed E-state index contributed by atoms with van der Waals surface area (Å²) in [5.41, 5.74) is 0.885. The number of carboxylic acid groups (broad SMARTS) is 1. The van der Waals surface area contributed by atoms with E-state index in [1.807, 2.05) is 61.8 Å². The molecule has 39 heavy (non-hydrogen) atoms. The fourth-order valence-corrected chi connectivity index (χ4v) is 4.38. The number of hydrogen-bond acceptors (Lipinski definition) is 7. The Kier molecular flexibility index (Phi) is 10.4. The average molecular weight is 541 g/mol. The van der Waals surface area contributed by atoms with E-state index in [2.05, 4.69) is 10.3 Å². The zero-order chi connectivity index (χ0) is 28.6. The van der Waals surface area contributed by atoms with Crippen LogP contribution in [0.3, 0.4) is 0 Å². The summed E-state index contributed by atoms with van der Waals surface area (Å²) in [5.74, 6) is 0.156. The number of anilines is 1. The Morgan fingerprint density at radius 3 is 2.62 bits per heavy atom. The molecule has 0 bridgehead atoms. The average Bonchev–Trinajstić information content (AvgIpc) is 3.21. The number of hydrogen-bond donors (Lipinski definition) is 3. The van der Waals surface area contributed by atoms with Gasteiger partial charge in [0.1, 0.15) is 24.1 Å². The number of allylic oxidation sites excluding steroid dienone is 1. The zero-order valence-electron chi connectivity index (χ0n) is 23.4. The summed E-state index contributed by atoms with van der Waals surface area (Å²) in [6.45, 7) is 10.2. The van der Waals surface area contributed by atoms with Crippen LogP contribution in [0.5, 0.6) is 0 Å². The van der Waals surface area contributed by atoms with Gasteiger partial charge in [-0.2, -0.15) is 0 Å². The van der Waals surface area contributed by atoms with Crippen LogP contribution in [0.25, 0.3) is 21.9 Å². The number of carboxylic acids is 1. The second-order valence-corrected chi connectivity index (χ2v) is 10.4. The minimum atomic E-state index is -1.02. The van der Waals surface area contributed by atoms with Gasteiger partial charge in [-0.05, 0) is 58.1 Å². The van der Waals surface area contributed by atoms with Gasteiger partial charge in [-0.25, -0.2) is 14.8 Å². The highest BCUT2D eigenvalue weighted by atomic mass is 16.6. The van der Waals surface area contributed by atoms with Crippen molar-refractivity contribution >= 4 is 39.8 Å². The van der Waals surface area contributed by atoms with Crippen LogP contribution < -0.4 is 5.32 Å². The number of ether oxygens (including phenoxy) is 2. The van der Waals surface area contributed by atoms with Crippen LogP contribution in [0, 0.1) is 5.92 Å². The standard InChI is InChI=1S/C29H40N4O6/c1-6-20(13-9-8-12-19(3)16-24(34)35)39-28(36)32-27-25-26(21-14-10-11-15-22(21)30-27)33(18-29(4,5)37)23(31-25)17-38-7-2/h9-11,13-15,19-20,37H,6-8,12,16-18H2,1-5H3,(H,34,35)(H,30,32,36)/b13-9+. The molecule has 10 heteroatoms. The number of nitrogens with one attached hydrogen (secondary N) is 1. The molecule has 212 valence electrons. The highest BCUT2D eigenvalue weighted by molar-refractivity contribution is 6.09. The number of fused-ring (bicyclic) bond motifs is 3. The van der Waals surface area contributed by atoms with Crippen LogP contribution in [-0.4, -0.2) is 55.1 Å². The number of benzene rings is 1. The largest absolute Gasteiger partial charge is 0.481 e. The number of nitrogens with zero attached hydrogens (tertiary/aromatic N) is 3. The van der Waals surface area contributed by atoms with Gasteiger partial charge in [0.05, 0.1) is 23.2 Å². The Labute approximate surface area is 229 Å². The number of rotatable bonds is 14. The fraction of sp³-hybridized carbons (Fsp3) is 0.517. The molecule has 2 aromatic heterocycles. The first kappa shape index (κ1) is 30.0. The Morgan fingerprint density at radius 2 is 1.95 bits per heavy atom. The van der Waals surface area contributed by atoms with E-state index in [0.29, 0.717) is 36.3 Å². The maximum atomic E-state index is 12.9. The van der Waals surface area contributed by atoms with Crippen LogP contribution >= 0.6 is 0 Å². The number of para-hydroxylation sites is 1. The van der Waals surface area contributed by atoms with Crippen molar-refractivity contribution < 1.29 is 29.3 Å². The van der Waals surface area contributed by atoms with Crippen molar-refractivity contribution in [2.45, 2.75) is 85.2 Å². The Hall–Kier alpha value is -3.50. The van der Waals surface area contributed by atoms with E-state index in [-0.39, 0.29) is 31.3 Å². The van der Waals surface area contributed by atoms with Crippen molar-refractivity contribution in [3.63, 3.8) is 0 Å². The molecule has 0 aliphatic heterocycles. The van der Waals surface area contributed by atoms with Gasteiger partial charge in [0.15, 0.2) is 5.82 Å². The second-order valence-electron chi connectivity index (χ2n) is 10.4. The van der Waals surface area contributed by atoms with E-state index in [0.717, 1.165) is 17.3 Å². The molecule has 2 heterocycles. The quantitative estimate of drug-likeness (QED) is 0.223. The van der Waals surface area contributed by atoms with Crippen molar-refractivity contribution in [2.24, 2.45) is 5.92 Å². The van der Waals surface area contributed by atoms with Crippen LogP contribution in [0.2, 0.25) is 0 Å². The molecular weight excluding hydrogens is 500 g/mol. The minimum Gasteiger partial charge on any atom is -0.481 e. The summed E-state index contributed by atoms with van der Waals surface area (Å²) in [5, 5.41) is 23.2. The van der Waals surface area contributed by atoms with Crippen molar-refractivity contribution in [2.75, 3.05) is 11.9 Å². The molecule has 0 saturated carbocycles. The van der Waals surface area contributed by atoms with Gasteiger partial charge in [-0.1, -0.05) is 38.1 Å². The number of aliphatic hydroxyl groups is 1. The van der Waals surface area contributed by atoms with Crippen molar-refractivity contribution in [3.05, 3.63) is 42.2 Å². The predicted octanol–water partition coefficient (Wildman–Crippen LogP) is 5.67. The third-order valence-electron chi connectivity index (χ3n) is 6.22. The van der Waals surface area contributed by atoms with E-state index in [4.69, 9.17) is 19.6 Å². The number of imidazole rings is 1. The molecular formula is C29H40N4O6. The van der Waals surface area contributed by atoms with Gasteiger partial charge >= 0.3 is 12.1 Å². The van der Waals surface area contributed by atoms with E-state index in [1.54, 1.807) is 13.8 Å². The number of amides is 1. The lowest BCUT2D eigenvalue weighted by atomic mass is 10.0. The summed E-state index contributed by atoms with van der Waals surface area (Å²) in [6.07, 6.45) is 4.80. The lowest BCUT2D eigenvalue weighted by Gasteiger charge is -2.21. The summed E-state index contributed by atoms with van der Waals surface area (Å²) in [4.78, 5) is 33.2. The fourth-order valence-electron chi connectivity index (χ4n) is 4.38. The SMILES string of the molecule is CCOCc1nc2c(NC(=O)OC(/C=C/CCC(C)CC(=O)O)CC)nc3ccccc3c2n1CC(C)(C)O. The van der Waals surface area contributed by atoms with Crippen LogP contribution in [-0.2, 0) is 27.4 Å². The predicted molar refractivity (Wildman–Crippen MR) is 151 cm³/mol. The molecule has 2 atom stereocenters. The summed E-state index contributed by atoms with van der Waals surface area (Å²) >= 11 is 0. The lowest BCUT2D eigenvalue weighted by molar-refractivity contribution is -0.138. The molecule has 3 aromatic rings. The number of aliphatic carboxylic acids is 1. The maximum absolute atomic E-state index is 12.9. The topological polar surface area (TPSA) is 136 Å². The Morgan fingerprint density at radius 1 is 1.21 bits per heavy atom. The minimum absolute atomic E-state index is 0.0710. The van der Waals surface area contributed by atoms with E-state index in [1.165, 1.54) is 0 Å².